The average molecular weight is 269 g/mol. The van der Waals surface area contributed by atoms with Gasteiger partial charge in [0, 0.05) is 19.5 Å². The van der Waals surface area contributed by atoms with Crippen LogP contribution in [0.1, 0.15) is 25.0 Å². The van der Waals surface area contributed by atoms with Crippen LogP contribution in [0.25, 0.3) is 0 Å². The van der Waals surface area contributed by atoms with Gasteiger partial charge < -0.3 is 14.9 Å². The second-order valence-corrected chi connectivity index (χ2v) is 4.35. The lowest BCUT2D eigenvalue weighted by Gasteiger charge is -2.11. The predicted molar refractivity (Wildman–Crippen MR) is 64.5 cm³/mol. The van der Waals surface area contributed by atoms with Gasteiger partial charge in [0.05, 0.1) is 24.4 Å². The van der Waals surface area contributed by atoms with Crippen molar-refractivity contribution in [3.8, 4) is 0 Å². The molecule has 104 valence electrons. The van der Waals surface area contributed by atoms with E-state index >= 15 is 0 Å². The maximum Gasteiger partial charge on any atom is 0.258 e. The fourth-order valence-corrected chi connectivity index (χ4v) is 1.96. The van der Waals surface area contributed by atoms with Crippen LogP contribution in [-0.2, 0) is 9.53 Å². The zero-order valence-electron chi connectivity index (χ0n) is 10.3. The molecule has 2 rings (SSSR count). The van der Waals surface area contributed by atoms with Crippen LogP contribution >= 0.6 is 0 Å². The molecule has 1 aliphatic rings. The van der Waals surface area contributed by atoms with Gasteiger partial charge in [0.15, 0.2) is 0 Å². The Kier molecular flexibility index (Phi) is 3.93. The Morgan fingerprint density at radius 1 is 1.68 bits per heavy atom. The van der Waals surface area contributed by atoms with Crippen molar-refractivity contribution in [2.24, 2.45) is 0 Å². The molecule has 1 saturated heterocycles. The number of carbonyl (C=O) groups excluding carboxylic acids is 1. The number of H-pyrrole nitrogens is 1. The summed E-state index contributed by atoms with van der Waals surface area (Å²) in [4.78, 5) is 29.0. The number of nitrogens with one attached hydrogen (secondary N) is 2. The first-order chi connectivity index (χ1) is 9.01. The molecule has 1 aliphatic heterocycles. The molecular weight excluding hydrogens is 254 g/mol. The quantitative estimate of drug-likeness (QED) is 0.552. The number of rotatable bonds is 3. The van der Waals surface area contributed by atoms with Crippen LogP contribution in [0.3, 0.4) is 0 Å². The molecule has 3 atom stereocenters. The molecule has 2 heterocycles. The molecule has 1 aromatic rings. The van der Waals surface area contributed by atoms with E-state index in [1.54, 1.807) is 0 Å². The number of nitrogens with zero attached hydrogens (tertiary/aromatic N) is 1. The Balaban J connectivity index is 2.18. The molecule has 1 aromatic heterocycles. The lowest BCUT2D eigenvalue weighted by atomic mass is 10.1. The fraction of sp³-hybridized carbons (Fsp3) is 0.545. The summed E-state index contributed by atoms with van der Waals surface area (Å²) in [7, 11) is 0. The highest BCUT2D eigenvalue weighted by atomic mass is 16.5. The lowest BCUT2D eigenvalue weighted by Crippen LogP contribution is -2.24. The van der Waals surface area contributed by atoms with Gasteiger partial charge in [-0.3, -0.25) is 19.9 Å². The molecular formula is C11H15N3O5. The molecule has 1 fully saturated rings. The Morgan fingerprint density at radius 3 is 2.95 bits per heavy atom. The van der Waals surface area contributed by atoms with Gasteiger partial charge in [0.1, 0.15) is 6.10 Å². The van der Waals surface area contributed by atoms with E-state index in [-0.39, 0.29) is 30.4 Å². The van der Waals surface area contributed by atoms with E-state index in [1.165, 1.54) is 13.1 Å². The lowest BCUT2D eigenvalue weighted by molar-refractivity contribution is -0.114. The van der Waals surface area contributed by atoms with Crippen molar-refractivity contribution in [3.05, 3.63) is 22.1 Å². The maximum absolute atomic E-state index is 11.8. The smallest absolute Gasteiger partial charge is 0.258 e. The van der Waals surface area contributed by atoms with Crippen molar-refractivity contribution in [2.45, 2.75) is 31.7 Å². The number of aromatic nitrogens is 2. The number of hydrogen-bond donors (Lipinski definition) is 4. The highest BCUT2D eigenvalue weighted by molar-refractivity contribution is 5.86. The largest absolute Gasteiger partial charge is 0.394 e. The minimum Gasteiger partial charge on any atom is -0.394 e. The highest BCUT2D eigenvalue weighted by Gasteiger charge is 2.35. The number of hydrogen-bond acceptors (Lipinski definition) is 6. The van der Waals surface area contributed by atoms with Gasteiger partial charge in [0.25, 0.3) is 5.56 Å². The molecule has 0 aliphatic carbocycles. The molecule has 4 N–H and O–H groups in total. The van der Waals surface area contributed by atoms with Crippen LogP contribution in [0.2, 0.25) is 0 Å². The SMILES string of the molecule is CC(=O)Nc1ncc([C@H]2C[C@H](O)[C@@H](CO)O2)c(=O)[nH]1. The molecule has 0 spiro atoms. The molecule has 8 nitrogen and oxygen atoms in total. The van der Waals surface area contributed by atoms with E-state index in [2.05, 4.69) is 15.3 Å². The van der Waals surface area contributed by atoms with Gasteiger partial charge in [-0.1, -0.05) is 0 Å². The minimum absolute atomic E-state index is 0.0542. The first-order valence-electron chi connectivity index (χ1n) is 5.82. The van der Waals surface area contributed by atoms with Crippen LogP contribution in [0.5, 0.6) is 0 Å². The molecule has 0 unspecified atom stereocenters. The van der Waals surface area contributed by atoms with E-state index in [0.29, 0.717) is 0 Å². The predicted octanol–water partition coefficient (Wildman–Crippen LogP) is -1.09. The summed E-state index contributed by atoms with van der Waals surface area (Å²) < 4.78 is 5.36. The third kappa shape index (κ3) is 2.98. The van der Waals surface area contributed by atoms with E-state index < -0.39 is 23.9 Å². The summed E-state index contributed by atoms with van der Waals surface area (Å²) in [6, 6.07) is 0. The fourth-order valence-electron chi connectivity index (χ4n) is 1.96. The Labute approximate surface area is 108 Å². The monoisotopic (exact) mass is 269 g/mol. The number of aliphatic hydroxyl groups is 2. The van der Waals surface area contributed by atoms with Crippen molar-refractivity contribution in [3.63, 3.8) is 0 Å². The second kappa shape index (κ2) is 5.47. The minimum atomic E-state index is -0.815. The third-order valence-electron chi connectivity index (χ3n) is 2.87. The van der Waals surface area contributed by atoms with Gasteiger partial charge in [-0.15, -0.1) is 0 Å². The summed E-state index contributed by atoms with van der Waals surface area (Å²) in [5.41, 5.74) is -0.196. The molecule has 8 heteroatoms. The number of aromatic amines is 1. The third-order valence-corrected chi connectivity index (χ3v) is 2.87. The van der Waals surface area contributed by atoms with Gasteiger partial charge >= 0.3 is 0 Å². The molecule has 0 radical (unpaired) electrons. The van der Waals surface area contributed by atoms with Gasteiger partial charge in [-0.25, -0.2) is 4.98 Å². The summed E-state index contributed by atoms with van der Waals surface area (Å²) in [6.45, 7) is 0.989. The Morgan fingerprint density at radius 2 is 2.42 bits per heavy atom. The molecule has 0 aromatic carbocycles. The second-order valence-electron chi connectivity index (χ2n) is 4.35. The maximum atomic E-state index is 11.8. The Bertz CT molecular complexity index is 529. The number of amides is 1. The zero-order valence-corrected chi connectivity index (χ0v) is 10.3. The van der Waals surface area contributed by atoms with E-state index in [4.69, 9.17) is 9.84 Å². The van der Waals surface area contributed by atoms with Crippen molar-refractivity contribution in [1.29, 1.82) is 0 Å². The van der Waals surface area contributed by atoms with Crippen LogP contribution in [0.4, 0.5) is 5.95 Å². The van der Waals surface area contributed by atoms with Crippen molar-refractivity contribution in [2.75, 3.05) is 11.9 Å². The van der Waals surface area contributed by atoms with E-state index in [9.17, 15) is 14.7 Å². The standard InChI is InChI=1S/C11H15N3O5/c1-5(16)13-11-12-3-6(10(18)14-11)8-2-7(17)9(4-15)19-8/h3,7-9,15,17H,2,4H2,1H3,(H2,12,13,14,16,18)/t7-,8+,9+/m0/s1. The molecule has 19 heavy (non-hydrogen) atoms. The number of aliphatic hydroxyl groups excluding tert-OH is 2. The van der Waals surface area contributed by atoms with Crippen LogP contribution < -0.4 is 10.9 Å². The highest BCUT2D eigenvalue weighted by Crippen LogP contribution is 2.30. The molecule has 0 bridgehead atoms. The summed E-state index contributed by atoms with van der Waals surface area (Å²) in [5.74, 6) is -0.290. The summed E-state index contributed by atoms with van der Waals surface area (Å²) in [5, 5.41) is 20.9. The normalized spacial score (nSPS) is 26.4. The Hall–Kier alpha value is -1.77. The topological polar surface area (TPSA) is 125 Å². The first-order valence-corrected chi connectivity index (χ1v) is 5.82. The van der Waals surface area contributed by atoms with Crippen LogP contribution in [0.15, 0.2) is 11.0 Å². The number of ether oxygens (including phenoxy) is 1. The number of anilines is 1. The van der Waals surface area contributed by atoms with E-state index in [0.717, 1.165) is 0 Å². The number of carbonyl (C=O) groups is 1. The average Bonchev–Trinajstić information content (AvgIpc) is 2.69. The van der Waals surface area contributed by atoms with Gasteiger partial charge in [-0.2, -0.15) is 0 Å². The van der Waals surface area contributed by atoms with Gasteiger partial charge in [-0.05, 0) is 0 Å². The van der Waals surface area contributed by atoms with Crippen LogP contribution in [0, 0.1) is 0 Å². The summed E-state index contributed by atoms with van der Waals surface area (Å²) in [6.07, 6.45) is -0.616. The first kappa shape index (κ1) is 13.7. The van der Waals surface area contributed by atoms with Crippen LogP contribution in [-0.4, -0.2) is 44.9 Å². The van der Waals surface area contributed by atoms with Crippen molar-refractivity contribution in [1.82, 2.24) is 9.97 Å². The summed E-state index contributed by atoms with van der Waals surface area (Å²) >= 11 is 0. The van der Waals surface area contributed by atoms with Crippen molar-refractivity contribution >= 4 is 11.9 Å². The van der Waals surface area contributed by atoms with Gasteiger partial charge in [0.2, 0.25) is 11.9 Å². The molecule has 0 saturated carbocycles. The van der Waals surface area contributed by atoms with E-state index in [1.807, 2.05) is 0 Å². The zero-order chi connectivity index (χ0) is 14.0. The molecule has 1 amide bonds. The van der Waals surface area contributed by atoms with Crippen molar-refractivity contribution < 1.29 is 19.7 Å².